The van der Waals surface area contributed by atoms with Gasteiger partial charge in [0.25, 0.3) is 0 Å². The molecule has 1 rings (SSSR count). The Balaban J connectivity index is 2.69. The summed E-state index contributed by atoms with van der Waals surface area (Å²) in [4.78, 5) is 21.2. The van der Waals surface area contributed by atoms with Gasteiger partial charge >= 0.3 is 0 Å². The Bertz CT molecular complexity index is 366. The van der Waals surface area contributed by atoms with Crippen LogP contribution in [0.25, 0.3) is 0 Å². The molecule has 1 unspecified atom stereocenters. The normalized spacial score (nSPS) is 11.8. The third-order valence-corrected chi connectivity index (χ3v) is 2.10. The maximum Gasteiger partial charge on any atom is 0.244 e. The molecule has 16 heavy (non-hydrogen) atoms. The third kappa shape index (κ3) is 3.08. The number of nitrogens with one attached hydrogen (secondary N) is 2. The fraction of sp³-hybridized carbons (Fsp3) is 0.500. The lowest BCUT2D eigenvalue weighted by molar-refractivity contribution is -0.129. The summed E-state index contributed by atoms with van der Waals surface area (Å²) in [6.45, 7) is 1.80. The van der Waals surface area contributed by atoms with Gasteiger partial charge in [0.15, 0.2) is 0 Å². The monoisotopic (exact) mass is 223 g/mol. The smallest absolute Gasteiger partial charge is 0.244 e. The molecule has 1 aromatic heterocycles. The number of amides is 1. The summed E-state index contributed by atoms with van der Waals surface area (Å²) in [5.41, 5.74) is 0. The van der Waals surface area contributed by atoms with Crippen LogP contribution in [0, 0.1) is 0 Å². The minimum absolute atomic E-state index is 0.00428. The average molecular weight is 223 g/mol. The van der Waals surface area contributed by atoms with E-state index in [9.17, 15) is 4.79 Å². The lowest BCUT2D eigenvalue weighted by Gasteiger charge is -2.18. The Morgan fingerprint density at radius 1 is 1.38 bits per heavy atom. The minimum atomic E-state index is -0.311. The van der Waals surface area contributed by atoms with E-state index < -0.39 is 0 Å². The van der Waals surface area contributed by atoms with Crippen LogP contribution in [-0.4, -0.2) is 48.0 Å². The van der Waals surface area contributed by atoms with Crippen LogP contribution in [0.3, 0.4) is 0 Å². The number of hydrogen-bond acceptors (Lipinski definition) is 5. The maximum atomic E-state index is 11.6. The van der Waals surface area contributed by atoms with E-state index in [1.807, 2.05) is 0 Å². The van der Waals surface area contributed by atoms with Gasteiger partial charge in [0.05, 0.1) is 0 Å². The molecule has 0 spiro atoms. The van der Waals surface area contributed by atoms with Gasteiger partial charge in [-0.1, -0.05) is 0 Å². The molecular weight excluding hydrogens is 206 g/mol. The zero-order valence-electron chi connectivity index (χ0n) is 9.98. The molecule has 6 heteroatoms. The Kier molecular flexibility index (Phi) is 4.04. The molecule has 0 fully saturated rings. The minimum Gasteiger partial charge on any atom is -0.373 e. The van der Waals surface area contributed by atoms with Crippen LogP contribution in [0.15, 0.2) is 12.4 Å². The highest BCUT2D eigenvalue weighted by atomic mass is 16.2. The predicted molar refractivity (Wildman–Crippen MR) is 63.4 cm³/mol. The van der Waals surface area contributed by atoms with Crippen LogP contribution in [0.4, 0.5) is 11.6 Å². The molecule has 2 N–H and O–H groups in total. The summed E-state index contributed by atoms with van der Waals surface area (Å²) in [7, 11) is 5.22. The van der Waals surface area contributed by atoms with Gasteiger partial charge in [-0.05, 0) is 6.92 Å². The van der Waals surface area contributed by atoms with Crippen molar-refractivity contribution in [3.63, 3.8) is 0 Å². The van der Waals surface area contributed by atoms with Gasteiger partial charge < -0.3 is 15.5 Å². The molecule has 0 aliphatic rings. The van der Waals surface area contributed by atoms with Crippen LogP contribution < -0.4 is 10.6 Å². The van der Waals surface area contributed by atoms with Crippen molar-refractivity contribution in [3.05, 3.63) is 12.4 Å². The molecule has 0 aliphatic heterocycles. The van der Waals surface area contributed by atoms with Crippen LogP contribution in [0.5, 0.6) is 0 Å². The summed E-state index contributed by atoms with van der Waals surface area (Å²) < 4.78 is 0. The Morgan fingerprint density at radius 3 is 2.56 bits per heavy atom. The molecule has 0 aromatic carbocycles. The Hall–Kier alpha value is -1.85. The van der Waals surface area contributed by atoms with Crippen molar-refractivity contribution in [2.24, 2.45) is 0 Å². The molecule has 6 nitrogen and oxygen atoms in total. The first-order valence-electron chi connectivity index (χ1n) is 5.02. The number of rotatable bonds is 4. The molecule has 0 saturated carbocycles. The first-order chi connectivity index (χ1) is 7.54. The summed E-state index contributed by atoms with van der Waals surface area (Å²) in [5.74, 6) is 1.34. The van der Waals surface area contributed by atoms with Crippen molar-refractivity contribution in [2.45, 2.75) is 13.0 Å². The molecule has 1 aromatic rings. The van der Waals surface area contributed by atoms with E-state index in [1.165, 1.54) is 11.2 Å². The van der Waals surface area contributed by atoms with E-state index >= 15 is 0 Å². The van der Waals surface area contributed by atoms with Gasteiger partial charge in [0.2, 0.25) is 5.91 Å². The van der Waals surface area contributed by atoms with Gasteiger partial charge in [-0.25, -0.2) is 9.97 Å². The first-order valence-corrected chi connectivity index (χ1v) is 5.02. The number of anilines is 2. The number of aromatic nitrogens is 2. The molecule has 0 bridgehead atoms. The van der Waals surface area contributed by atoms with Gasteiger partial charge in [-0.2, -0.15) is 0 Å². The Morgan fingerprint density at radius 2 is 2.00 bits per heavy atom. The lowest BCUT2D eigenvalue weighted by Crippen LogP contribution is -2.36. The zero-order valence-corrected chi connectivity index (χ0v) is 9.98. The van der Waals surface area contributed by atoms with E-state index in [2.05, 4.69) is 20.6 Å². The van der Waals surface area contributed by atoms with Crippen LogP contribution in [-0.2, 0) is 4.79 Å². The quantitative estimate of drug-likeness (QED) is 0.773. The zero-order chi connectivity index (χ0) is 12.1. The van der Waals surface area contributed by atoms with Crippen LogP contribution in [0.2, 0.25) is 0 Å². The van der Waals surface area contributed by atoms with E-state index in [1.54, 1.807) is 34.1 Å². The highest BCUT2D eigenvalue weighted by Gasteiger charge is 2.14. The number of hydrogen-bond donors (Lipinski definition) is 2. The topological polar surface area (TPSA) is 70.2 Å². The van der Waals surface area contributed by atoms with Gasteiger partial charge in [-0.15, -0.1) is 0 Å². The van der Waals surface area contributed by atoms with Crippen LogP contribution in [0.1, 0.15) is 6.92 Å². The molecule has 1 atom stereocenters. The van der Waals surface area contributed by atoms with Crippen LogP contribution >= 0.6 is 0 Å². The average Bonchev–Trinajstić information content (AvgIpc) is 2.28. The highest BCUT2D eigenvalue weighted by molar-refractivity contribution is 5.83. The van der Waals surface area contributed by atoms with Crippen molar-refractivity contribution < 1.29 is 4.79 Å². The lowest BCUT2D eigenvalue weighted by atomic mass is 10.3. The van der Waals surface area contributed by atoms with Crippen molar-refractivity contribution in [2.75, 3.05) is 31.8 Å². The summed E-state index contributed by atoms with van der Waals surface area (Å²) in [6.07, 6.45) is 1.45. The molecule has 0 aliphatic carbocycles. The van der Waals surface area contributed by atoms with E-state index in [-0.39, 0.29) is 11.9 Å². The second-order valence-electron chi connectivity index (χ2n) is 3.64. The fourth-order valence-corrected chi connectivity index (χ4v) is 1.24. The highest BCUT2D eigenvalue weighted by Crippen LogP contribution is 2.09. The molecule has 88 valence electrons. The third-order valence-electron chi connectivity index (χ3n) is 2.10. The summed E-state index contributed by atoms with van der Waals surface area (Å²) >= 11 is 0. The number of likely N-dealkylation sites (N-methyl/N-ethyl adjacent to an activating group) is 1. The van der Waals surface area contributed by atoms with Gasteiger partial charge in [0, 0.05) is 27.2 Å². The first kappa shape index (κ1) is 12.2. The summed E-state index contributed by atoms with van der Waals surface area (Å²) in [5, 5.41) is 5.92. The molecule has 1 amide bonds. The SMILES string of the molecule is CNc1cc(NC(C)C(=O)N(C)C)ncn1. The fourth-order valence-electron chi connectivity index (χ4n) is 1.24. The second kappa shape index (κ2) is 5.29. The predicted octanol–water partition coefficient (Wildman–Crippen LogP) is 0.407. The van der Waals surface area contributed by atoms with Gasteiger partial charge in [-0.3, -0.25) is 4.79 Å². The number of carbonyl (C=O) groups excluding carboxylic acids is 1. The molecule has 0 saturated heterocycles. The second-order valence-corrected chi connectivity index (χ2v) is 3.64. The standard InChI is InChI=1S/C10H17N5O/c1-7(10(16)15(3)4)14-9-5-8(11-2)12-6-13-9/h5-7H,1-4H3,(H2,11,12,13,14). The van der Waals surface area contributed by atoms with Crippen molar-refractivity contribution in [1.82, 2.24) is 14.9 Å². The largest absolute Gasteiger partial charge is 0.373 e. The number of carbonyl (C=O) groups is 1. The van der Waals surface area contributed by atoms with E-state index in [4.69, 9.17) is 0 Å². The van der Waals surface area contributed by atoms with Crippen molar-refractivity contribution >= 4 is 17.5 Å². The number of nitrogens with zero attached hydrogens (tertiary/aromatic N) is 3. The molecular formula is C10H17N5O. The Labute approximate surface area is 95.1 Å². The summed E-state index contributed by atoms with van der Waals surface area (Å²) in [6, 6.07) is 1.44. The molecule has 1 heterocycles. The van der Waals surface area contributed by atoms with Crippen molar-refractivity contribution in [3.8, 4) is 0 Å². The molecule has 0 radical (unpaired) electrons. The van der Waals surface area contributed by atoms with Crippen molar-refractivity contribution in [1.29, 1.82) is 0 Å². The van der Waals surface area contributed by atoms with Gasteiger partial charge in [0.1, 0.15) is 24.0 Å². The van der Waals surface area contributed by atoms with E-state index in [0.29, 0.717) is 11.6 Å². The maximum absolute atomic E-state index is 11.6. The van der Waals surface area contributed by atoms with E-state index in [0.717, 1.165) is 0 Å².